The Balaban J connectivity index is 1.23. The van der Waals surface area contributed by atoms with Gasteiger partial charge < -0.3 is 10.2 Å². The summed E-state index contributed by atoms with van der Waals surface area (Å²) >= 11 is 1.50. The van der Waals surface area contributed by atoms with E-state index in [0.717, 1.165) is 48.5 Å². The number of pyridine rings is 1. The summed E-state index contributed by atoms with van der Waals surface area (Å²) in [6.45, 7) is 0. The molecule has 0 aliphatic heterocycles. The van der Waals surface area contributed by atoms with E-state index in [9.17, 15) is 4.79 Å². The number of nitrogens with zero attached hydrogens (tertiary/aromatic N) is 5. The Bertz CT molecular complexity index is 1750. The van der Waals surface area contributed by atoms with Crippen LogP contribution >= 0.6 is 11.3 Å². The largest absolute Gasteiger partial charge is 0.363 e. The van der Waals surface area contributed by atoms with Gasteiger partial charge in [-0.3, -0.25) is 9.89 Å². The van der Waals surface area contributed by atoms with Gasteiger partial charge in [-0.1, -0.05) is 12.1 Å². The minimum absolute atomic E-state index is 0.0932. The zero-order chi connectivity index (χ0) is 25.4. The van der Waals surface area contributed by atoms with Crippen LogP contribution in [0.4, 0.5) is 17.3 Å². The lowest BCUT2D eigenvalue weighted by molar-refractivity contribution is 0.0997. The van der Waals surface area contributed by atoms with Crippen LogP contribution in [-0.4, -0.2) is 45.0 Å². The van der Waals surface area contributed by atoms with Crippen molar-refractivity contribution in [1.29, 1.82) is 0 Å². The summed E-state index contributed by atoms with van der Waals surface area (Å²) in [5.74, 6) is 2.25. The maximum Gasteiger partial charge on any atom is 0.177 e. The van der Waals surface area contributed by atoms with Gasteiger partial charge in [0.05, 0.1) is 16.6 Å². The number of hydrogen-bond donors (Lipinski definition) is 2. The fourth-order valence-corrected chi connectivity index (χ4v) is 5.17. The molecule has 6 rings (SSSR count). The Morgan fingerprint density at radius 3 is 2.76 bits per heavy atom. The molecule has 6 aromatic rings. The summed E-state index contributed by atoms with van der Waals surface area (Å²) in [6.07, 6.45) is 5.61. The molecule has 0 spiro atoms. The topological polar surface area (TPSA) is 99.7 Å². The number of ketones is 1. The molecule has 0 saturated heterocycles. The fraction of sp³-hybridized carbons (Fsp3) is 0.107. The first-order chi connectivity index (χ1) is 18.0. The van der Waals surface area contributed by atoms with Crippen molar-refractivity contribution in [2.24, 2.45) is 0 Å². The molecule has 0 radical (unpaired) electrons. The van der Waals surface area contributed by atoms with Crippen LogP contribution in [0, 0.1) is 0 Å². The second kappa shape index (κ2) is 9.44. The van der Waals surface area contributed by atoms with Crippen LogP contribution < -0.4 is 10.2 Å². The van der Waals surface area contributed by atoms with Crippen LogP contribution in [0.2, 0.25) is 0 Å². The van der Waals surface area contributed by atoms with E-state index in [0.29, 0.717) is 18.1 Å². The quantitative estimate of drug-likeness (QED) is 0.262. The molecule has 0 fully saturated rings. The number of aromatic amines is 1. The second-order valence-electron chi connectivity index (χ2n) is 8.94. The van der Waals surface area contributed by atoms with Gasteiger partial charge in [0.1, 0.15) is 11.6 Å². The molecule has 0 bridgehead atoms. The summed E-state index contributed by atoms with van der Waals surface area (Å²) in [5, 5.41) is 12.4. The molecule has 2 N–H and O–H groups in total. The predicted molar refractivity (Wildman–Crippen MR) is 149 cm³/mol. The van der Waals surface area contributed by atoms with Gasteiger partial charge >= 0.3 is 0 Å². The minimum atomic E-state index is 0.0932. The molecule has 8 nitrogen and oxygen atoms in total. The van der Waals surface area contributed by atoms with Gasteiger partial charge in [-0.2, -0.15) is 5.10 Å². The van der Waals surface area contributed by atoms with E-state index in [2.05, 4.69) is 25.5 Å². The predicted octanol–water partition coefficient (Wildman–Crippen LogP) is 5.86. The van der Waals surface area contributed by atoms with Crippen molar-refractivity contribution in [3.8, 4) is 11.4 Å². The van der Waals surface area contributed by atoms with Crippen molar-refractivity contribution in [1.82, 2.24) is 25.1 Å². The highest BCUT2D eigenvalue weighted by Gasteiger charge is 2.14. The summed E-state index contributed by atoms with van der Waals surface area (Å²) in [5.41, 5.74) is 3.75. The lowest BCUT2D eigenvalue weighted by atomic mass is 10.1. The van der Waals surface area contributed by atoms with Crippen molar-refractivity contribution in [2.45, 2.75) is 6.42 Å². The van der Waals surface area contributed by atoms with Crippen LogP contribution in [0.5, 0.6) is 0 Å². The summed E-state index contributed by atoms with van der Waals surface area (Å²) < 4.78 is 1.02. The summed E-state index contributed by atoms with van der Waals surface area (Å²) in [6, 6.07) is 19.7. The number of hydrogen-bond acceptors (Lipinski definition) is 8. The van der Waals surface area contributed by atoms with Crippen molar-refractivity contribution in [2.75, 3.05) is 24.3 Å². The number of aromatic nitrogens is 5. The van der Waals surface area contributed by atoms with Gasteiger partial charge in [0, 0.05) is 54.2 Å². The highest BCUT2D eigenvalue weighted by molar-refractivity contribution is 7.20. The number of nitrogens with one attached hydrogen (secondary N) is 2. The fourth-order valence-electron chi connectivity index (χ4n) is 4.13. The zero-order valence-corrected chi connectivity index (χ0v) is 21.1. The standard InChI is InChI=1S/C28H23N7OS/c1-35(2)27-12-17(7-9-29-27)11-23(36)25-14-18-3-4-19(15-24(18)37-25)28-30-10-8-26(33-28)32-21-5-6-22-20(13-21)16-31-34-22/h3-10,12-16H,11H2,1-2H3,(H,31,34)(H,30,32,33). The second-order valence-corrected chi connectivity index (χ2v) is 10.0. The van der Waals surface area contributed by atoms with E-state index in [1.807, 2.05) is 79.7 Å². The first kappa shape index (κ1) is 22.8. The number of anilines is 3. The van der Waals surface area contributed by atoms with Gasteiger partial charge in [-0.25, -0.2) is 15.0 Å². The van der Waals surface area contributed by atoms with Crippen molar-refractivity contribution in [3.05, 3.63) is 89.7 Å². The molecule has 4 aromatic heterocycles. The number of thiophene rings is 1. The van der Waals surface area contributed by atoms with Crippen molar-refractivity contribution in [3.63, 3.8) is 0 Å². The van der Waals surface area contributed by atoms with Crippen LogP contribution in [0.3, 0.4) is 0 Å². The van der Waals surface area contributed by atoms with E-state index < -0.39 is 0 Å². The smallest absolute Gasteiger partial charge is 0.177 e. The number of carbonyl (C=O) groups excluding carboxylic acids is 1. The molecular weight excluding hydrogens is 482 g/mol. The van der Waals surface area contributed by atoms with Crippen LogP contribution in [0.1, 0.15) is 15.2 Å². The number of carbonyl (C=O) groups is 1. The summed E-state index contributed by atoms with van der Waals surface area (Å²) in [7, 11) is 3.87. The Morgan fingerprint density at radius 1 is 0.973 bits per heavy atom. The monoisotopic (exact) mass is 505 g/mol. The SMILES string of the molecule is CN(C)c1cc(CC(=O)c2cc3ccc(-c4nccc(Nc5ccc6[nH]ncc6c5)n4)cc3s2)ccn1. The van der Waals surface area contributed by atoms with Crippen molar-refractivity contribution >= 4 is 55.4 Å². The molecule has 0 amide bonds. The number of fused-ring (bicyclic) bond motifs is 2. The Labute approximate surface area is 217 Å². The van der Waals surface area contributed by atoms with Gasteiger partial charge in [-0.05, 0) is 59.5 Å². The minimum Gasteiger partial charge on any atom is -0.363 e. The number of rotatable bonds is 7. The first-order valence-electron chi connectivity index (χ1n) is 11.7. The van der Waals surface area contributed by atoms with Gasteiger partial charge in [0.15, 0.2) is 11.6 Å². The molecule has 182 valence electrons. The number of benzene rings is 2. The third-order valence-corrected chi connectivity index (χ3v) is 7.19. The van der Waals surface area contributed by atoms with Crippen molar-refractivity contribution < 1.29 is 4.79 Å². The molecule has 0 aliphatic carbocycles. The highest BCUT2D eigenvalue weighted by atomic mass is 32.1. The number of H-pyrrole nitrogens is 1. The Hall–Kier alpha value is -4.63. The van der Waals surface area contributed by atoms with Crippen LogP contribution in [0.15, 0.2) is 79.3 Å². The van der Waals surface area contributed by atoms with E-state index in [-0.39, 0.29) is 5.78 Å². The van der Waals surface area contributed by atoms with E-state index in [4.69, 9.17) is 4.98 Å². The van der Waals surface area contributed by atoms with Crippen LogP contribution in [-0.2, 0) is 6.42 Å². The average Bonchev–Trinajstić information content (AvgIpc) is 3.55. The van der Waals surface area contributed by atoms with E-state index in [1.54, 1.807) is 18.6 Å². The van der Waals surface area contributed by atoms with E-state index >= 15 is 0 Å². The zero-order valence-electron chi connectivity index (χ0n) is 20.3. The Morgan fingerprint density at radius 2 is 1.86 bits per heavy atom. The summed E-state index contributed by atoms with van der Waals surface area (Å²) in [4.78, 5) is 29.2. The molecular formula is C28H23N7OS. The molecule has 2 aromatic carbocycles. The Kier molecular flexibility index (Phi) is 5.82. The number of Topliss-reactive ketones (excluding diaryl/α,β-unsaturated/α-hetero) is 1. The molecule has 0 atom stereocenters. The molecule has 37 heavy (non-hydrogen) atoms. The molecule has 9 heteroatoms. The first-order valence-corrected chi connectivity index (χ1v) is 12.6. The lowest BCUT2D eigenvalue weighted by Gasteiger charge is -2.11. The van der Waals surface area contributed by atoms with Crippen LogP contribution in [0.25, 0.3) is 32.4 Å². The van der Waals surface area contributed by atoms with Gasteiger partial charge in [0.2, 0.25) is 0 Å². The molecule has 0 saturated carbocycles. The molecule has 0 aliphatic rings. The third-order valence-electron chi connectivity index (χ3n) is 6.05. The normalized spacial score (nSPS) is 11.2. The molecule has 0 unspecified atom stereocenters. The third kappa shape index (κ3) is 4.76. The van der Waals surface area contributed by atoms with Gasteiger partial charge in [-0.15, -0.1) is 11.3 Å². The van der Waals surface area contributed by atoms with E-state index in [1.165, 1.54) is 11.3 Å². The maximum absolute atomic E-state index is 13.0. The van der Waals surface area contributed by atoms with Gasteiger partial charge in [0.25, 0.3) is 0 Å². The average molecular weight is 506 g/mol. The molecule has 4 heterocycles. The highest BCUT2D eigenvalue weighted by Crippen LogP contribution is 2.31. The maximum atomic E-state index is 13.0. The lowest BCUT2D eigenvalue weighted by Crippen LogP contribution is -2.11.